The van der Waals surface area contributed by atoms with Crippen LogP contribution in [0.4, 0.5) is 5.69 Å². The highest BCUT2D eigenvalue weighted by Gasteiger charge is 2.04. The summed E-state index contributed by atoms with van der Waals surface area (Å²) in [6, 6.07) is 7.28. The topological polar surface area (TPSA) is 56.1 Å². The molecule has 1 aromatic heterocycles. The van der Waals surface area contributed by atoms with E-state index in [0.717, 1.165) is 5.69 Å². The number of ether oxygens (including phenoxy) is 1. The third-order valence-corrected chi connectivity index (χ3v) is 2.34. The van der Waals surface area contributed by atoms with E-state index in [1.807, 2.05) is 19.2 Å². The summed E-state index contributed by atoms with van der Waals surface area (Å²) < 4.78 is 6.84. The molecule has 88 valence electrons. The van der Waals surface area contributed by atoms with E-state index in [9.17, 15) is 4.79 Å². The van der Waals surface area contributed by atoms with Gasteiger partial charge in [0.2, 0.25) is 0 Å². The van der Waals surface area contributed by atoms with Crippen molar-refractivity contribution in [1.29, 1.82) is 0 Å². The third-order valence-electron chi connectivity index (χ3n) is 2.34. The highest BCUT2D eigenvalue weighted by molar-refractivity contribution is 5.46. The van der Waals surface area contributed by atoms with Crippen LogP contribution >= 0.6 is 0 Å². The summed E-state index contributed by atoms with van der Waals surface area (Å²) in [5.74, 6) is 0.659. The second-order valence-electron chi connectivity index (χ2n) is 3.52. The number of nitrogens with zero attached hydrogens (tertiary/aromatic N) is 2. The van der Waals surface area contributed by atoms with Gasteiger partial charge >= 0.3 is 5.56 Å². The Bertz CT molecular complexity index is 561. The monoisotopic (exact) mass is 231 g/mol. The lowest BCUT2D eigenvalue weighted by Crippen LogP contribution is -2.18. The molecular weight excluding hydrogens is 218 g/mol. The van der Waals surface area contributed by atoms with E-state index in [1.165, 1.54) is 10.8 Å². The maximum absolute atomic E-state index is 11.7. The Morgan fingerprint density at radius 3 is 2.65 bits per heavy atom. The zero-order chi connectivity index (χ0) is 12.3. The molecule has 0 aliphatic rings. The maximum atomic E-state index is 11.7. The molecule has 0 aliphatic heterocycles. The van der Waals surface area contributed by atoms with Gasteiger partial charge < -0.3 is 14.6 Å². The van der Waals surface area contributed by atoms with Gasteiger partial charge in [-0.05, 0) is 24.3 Å². The van der Waals surface area contributed by atoms with Crippen molar-refractivity contribution in [2.24, 2.45) is 7.05 Å². The number of anilines is 1. The fourth-order valence-corrected chi connectivity index (χ4v) is 1.35. The van der Waals surface area contributed by atoms with Gasteiger partial charge in [-0.1, -0.05) is 0 Å². The molecule has 0 saturated carbocycles. The average molecular weight is 231 g/mol. The maximum Gasteiger partial charge on any atom is 0.313 e. The fraction of sp³-hybridized carbons (Fsp3) is 0.167. The summed E-state index contributed by atoms with van der Waals surface area (Å²) in [6.45, 7) is 0. The number of benzene rings is 1. The quantitative estimate of drug-likeness (QED) is 0.872. The van der Waals surface area contributed by atoms with E-state index in [0.29, 0.717) is 5.75 Å². The zero-order valence-electron chi connectivity index (χ0n) is 9.68. The van der Waals surface area contributed by atoms with Gasteiger partial charge in [-0.3, -0.25) is 4.79 Å². The Morgan fingerprint density at radius 2 is 2.00 bits per heavy atom. The predicted octanol–water partition coefficient (Wildman–Crippen LogP) is 1.61. The van der Waals surface area contributed by atoms with E-state index in [4.69, 9.17) is 4.74 Å². The van der Waals surface area contributed by atoms with E-state index in [2.05, 4.69) is 10.3 Å². The van der Waals surface area contributed by atoms with Crippen LogP contribution < -0.4 is 15.6 Å². The van der Waals surface area contributed by atoms with Crippen LogP contribution in [-0.4, -0.2) is 16.6 Å². The first-order valence-electron chi connectivity index (χ1n) is 5.18. The van der Waals surface area contributed by atoms with Crippen molar-refractivity contribution < 1.29 is 4.74 Å². The van der Waals surface area contributed by atoms with E-state index >= 15 is 0 Å². The lowest BCUT2D eigenvalue weighted by molar-refractivity contribution is 0.448. The molecule has 2 rings (SSSR count). The molecule has 5 nitrogen and oxygen atoms in total. The molecule has 0 amide bonds. The number of hydrogen-bond donors (Lipinski definition) is 1. The number of aromatic nitrogens is 2. The lowest BCUT2D eigenvalue weighted by Gasteiger charge is -2.06. The molecule has 5 heteroatoms. The van der Waals surface area contributed by atoms with Crippen molar-refractivity contribution in [2.75, 3.05) is 12.4 Å². The Balaban J connectivity index is 2.25. The van der Waals surface area contributed by atoms with Gasteiger partial charge in [0.25, 0.3) is 5.88 Å². The number of nitrogens with one attached hydrogen (secondary N) is 1. The minimum absolute atomic E-state index is 0.0761. The molecular formula is C12H13N3O2. The normalized spacial score (nSPS) is 10.0. The Hall–Kier alpha value is -2.30. The highest BCUT2D eigenvalue weighted by atomic mass is 16.5. The molecule has 0 radical (unpaired) electrons. The Labute approximate surface area is 98.7 Å². The van der Waals surface area contributed by atoms with E-state index < -0.39 is 0 Å². The minimum atomic E-state index is -0.259. The molecule has 0 fully saturated rings. The molecule has 0 saturated heterocycles. The SMILES string of the molecule is CNc1ccc(Oc2nccn(C)c2=O)cc1. The second kappa shape index (κ2) is 4.69. The summed E-state index contributed by atoms with van der Waals surface area (Å²) in [5.41, 5.74) is 0.719. The van der Waals surface area contributed by atoms with E-state index in [-0.39, 0.29) is 11.4 Å². The minimum Gasteiger partial charge on any atom is -0.435 e. The summed E-state index contributed by atoms with van der Waals surface area (Å²) in [6.07, 6.45) is 3.11. The van der Waals surface area contributed by atoms with Crippen molar-refractivity contribution in [3.05, 3.63) is 47.0 Å². The molecule has 2 aromatic rings. The van der Waals surface area contributed by atoms with Gasteiger partial charge in [0.05, 0.1) is 0 Å². The number of hydrogen-bond acceptors (Lipinski definition) is 4. The van der Waals surface area contributed by atoms with Crippen molar-refractivity contribution in [3.8, 4) is 11.6 Å². The molecule has 0 bridgehead atoms. The summed E-state index contributed by atoms with van der Waals surface area (Å²) in [5, 5.41) is 3.00. The number of rotatable bonds is 3. The molecule has 0 unspecified atom stereocenters. The van der Waals surface area contributed by atoms with Gasteiger partial charge in [-0.2, -0.15) is 0 Å². The van der Waals surface area contributed by atoms with Crippen LogP contribution in [0.25, 0.3) is 0 Å². The molecule has 0 spiro atoms. The standard InChI is InChI=1S/C12H13N3O2/c1-13-9-3-5-10(6-4-9)17-11-12(16)15(2)8-7-14-11/h3-8,13H,1-2H3. The summed E-state index contributed by atoms with van der Waals surface area (Å²) in [4.78, 5) is 15.6. The van der Waals surface area contributed by atoms with Crippen molar-refractivity contribution in [3.63, 3.8) is 0 Å². The van der Waals surface area contributed by atoms with Crippen LogP contribution in [0.2, 0.25) is 0 Å². The van der Waals surface area contributed by atoms with E-state index in [1.54, 1.807) is 25.4 Å². The van der Waals surface area contributed by atoms with Crippen LogP contribution in [0.3, 0.4) is 0 Å². The Morgan fingerprint density at radius 1 is 1.29 bits per heavy atom. The van der Waals surface area contributed by atoms with Gasteiger partial charge in [-0.25, -0.2) is 4.98 Å². The van der Waals surface area contributed by atoms with Gasteiger partial charge in [0.15, 0.2) is 0 Å². The highest BCUT2D eigenvalue weighted by Crippen LogP contribution is 2.18. The van der Waals surface area contributed by atoms with Gasteiger partial charge in [0.1, 0.15) is 5.75 Å². The Kier molecular flexibility index (Phi) is 3.09. The first-order chi connectivity index (χ1) is 8.20. The van der Waals surface area contributed by atoms with Crippen molar-refractivity contribution in [1.82, 2.24) is 9.55 Å². The fourth-order valence-electron chi connectivity index (χ4n) is 1.35. The molecule has 1 aromatic carbocycles. The predicted molar refractivity (Wildman–Crippen MR) is 65.5 cm³/mol. The van der Waals surface area contributed by atoms with Crippen LogP contribution in [0.5, 0.6) is 11.6 Å². The van der Waals surface area contributed by atoms with Gasteiger partial charge in [-0.15, -0.1) is 0 Å². The molecule has 1 N–H and O–H groups in total. The van der Waals surface area contributed by atoms with Crippen molar-refractivity contribution >= 4 is 5.69 Å². The van der Waals surface area contributed by atoms with Gasteiger partial charge in [0, 0.05) is 32.2 Å². The summed E-state index contributed by atoms with van der Waals surface area (Å²) in [7, 11) is 3.49. The largest absolute Gasteiger partial charge is 0.435 e. The third kappa shape index (κ3) is 2.44. The van der Waals surface area contributed by atoms with Crippen molar-refractivity contribution in [2.45, 2.75) is 0 Å². The molecule has 1 heterocycles. The van der Waals surface area contributed by atoms with Crippen LogP contribution in [0, 0.1) is 0 Å². The van der Waals surface area contributed by atoms with Crippen LogP contribution in [0.1, 0.15) is 0 Å². The van der Waals surface area contributed by atoms with Crippen LogP contribution in [0.15, 0.2) is 41.5 Å². The zero-order valence-corrected chi connectivity index (χ0v) is 9.68. The number of aryl methyl sites for hydroxylation is 1. The average Bonchev–Trinajstić information content (AvgIpc) is 2.36. The smallest absolute Gasteiger partial charge is 0.313 e. The first kappa shape index (κ1) is 11.2. The lowest BCUT2D eigenvalue weighted by atomic mass is 10.3. The summed E-state index contributed by atoms with van der Waals surface area (Å²) >= 11 is 0. The second-order valence-corrected chi connectivity index (χ2v) is 3.52. The molecule has 0 atom stereocenters. The van der Waals surface area contributed by atoms with Crippen LogP contribution in [-0.2, 0) is 7.05 Å². The molecule has 17 heavy (non-hydrogen) atoms. The molecule has 0 aliphatic carbocycles. The first-order valence-corrected chi connectivity index (χ1v) is 5.18.